The summed E-state index contributed by atoms with van der Waals surface area (Å²) in [6.45, 7) is 0. The summed E-state index contributed by atoms with van der Waals surface area (Å²) in [5.41, 5.74) is -0.102. The van der Waals surface area contributed by atoms with Crippen molar-refractivity contribution in [2.75, 3.05) is 0 Å². The molecule has 0 saturated carbocycles. The van der Waals surface area contributed by atoms with Gasteiger partial charge in [-0.25, -0.2) is 4.79 Å². The predicted octanol–water partition coefficient (Wildman–Crippen LogP) is 0.978. The molecule has 3 nitrogen and oxygen atoms in total. The van der Waals surface area contributed by atoms with Crippen LogP contribution >= 0.6 is 0 Å². The van der Waals surface area contributed by atoms with Crippen molar-refractivity contribution in [1.82, 2.24) is 0 Å². The van der Waals surface area contributed by atoms with Gasteiger partial charge in [0.15, 0.2) is 0 Å². The van der Waals surface area contributed by atoms with Crippen LogP contribution in [-0.2, 0) is 0 Å². The Morgan fingerprint density at radius 2 is 2.75 bits per heavy atom. The SMILES string of the molecule is [2H]c1occc1C(=O)O. The largest absolute Gasteiger partial charge is 0.478 e. The Balaban J connectivity index is 3.08. The van der Waals surface area contributed by atoms with Gasteiger partial charge in [0, 0.05) is 0 Å². The Kier molecular flexibility index (Phi) is 0.787. The van der Waals surface area contributed by atoms with Gasteiger partial charge in [-0.15, -0.1) is 0 Å². The first-order valence-electron chi connectivity index (χ1n) is 2.49. The maximum absolute atomic E-state index is 10.1. The summed E-state index contributed by atoms with van der Waals surface area (Å²) in [7, 11) is 0. The monoisotopic (exact) mass is 113 g/mol. The number of hydrogen-bond acceptors (Lipinski definition) is 2. The normalized spacial score (nSPS) is 10.8. The van der Waals surface area contributed by atoms with E-state index in [4.69, 9.17) is 6.48 Å². The summed E-state index contributed by atoms with van der Waals surface area (Å²) < 4.78 is 11.2. The van der Waals surface area contributed by atoms with Gasteiger partial charge in [0.25, 0.3) is 0 Å². The minimum atomic E-state index is -1.13. The van der Waals surface area contributed by atoms with Gasteiger partial charge in [0.1, 0.15) is 7.61 Å². The van der Waals surface area contributed by atoms with Crippen LogP contribution in [0.25, 0.3) is 0 Å². The number of carboxylic acids is 1. The predicted molar refractivity (Wildman–Crippen MR) is 25.7 cm³/mol. The average Bonchev–Trinajstić information content (AvgIpc) is 2.13. The fourth-order valence-electron chi connectivity index (χ4n) is 0.349. The second kappa shape index (κ2) is 1.69. The van der Waals surface area contributed by atoms with Crippen molar-refractivity contribution in [3.8, 4) is 0 Å². The molecule has 3 heteroatoms. The van der Waals surface area contributed by atoms with Crippen LogP contribution in [0.4, 0.5) is 0 Å². The van der Waals surface area contributed by atoms with E-state index in [2.05, 4.69) is 4.42 Å². The highest BCUT2D eigenvalue weighted by molar-refractivity contribution is 5.86. The third-order valence-corrected chi connectivity index (χ3v) is 0.702. The highest BCUT2D eigenvalue weighted by atomic mass is 16.4. The summed E-state index contributed by atoms with van der Waals surface area (Å²) in [4.78, 5) is 10.1. The van der Waals surface area contributed by atoms with Crippen LogP contribution in [-0.4, -0.2) is 11.1 Å². The van der Waals surface area contributed by atoms with Gasteiger partial charge >= 0.3 is 5.97 Å². The lowest BCUT2D eigenvalue weighted by Gasteiger charge is -1.77. The maximum atomic E-state index is 10.1. The number of aromatic carboxylic acids is 1. The molecule has 1 aromatic rings. The van der Waals surface area contributed by atoms with Crippen molar-refractivity contribution in [3.63, 3.8) is 0 Å². The van der Waals surface area contributed by atoms with E-state index in [1.165, 1.54) is 12.3 Å². The van der Waals surface area contributed by atoms with Crippen LogP contribution < -0.4 is 0 Å². The molecule has 0 aromatic carbocycles. The number of rotatable bonds is 1. The first kappa shape index (κ1) is 3.72. The lowest BCUT2D eigenvalue weighted by molar-refractivity contribution is 0.0696. The van der Waals surface area contributed by atoms with Gasteiger partial charge in [0.05, 0.1) is 11.8 Å². The minimum absolute atomic E-state index is 0.102. The van der Waals surface area contributed by atoms with E-state index >= 15 is 0 Å². The highest BCUT2D eigenvalue weighted by Gasteiger charge is 2.00. The van der Waals surface area contributed by atoms with E-state index in [1.54, 1.807) is 0 Å². The molecule has 1 rings (SSSR count). The van der Waals surface area contributed by atoms with Crippen molar-refractivity contribution in [2.45, 2.75) is 0 Å². The molecule has 0 spiro atoms. The van der Waals surface area contributed by atoms with E-state index in [-0.39, 0.29) is 11.8 Å². The highest BCUT2D eigenvalue weighted by Crippen LogP contribution is 1.97. The lowest BCUT2D eigenvalue weighted by Crippen LogP contribution is -1.90. The summed E-state index contributed by atoms with van der Waals surface area (Å²) >= 11 is 0. The van der Waals surface area contributed by atoms with Crippen LogP contribution in [0.1, 0.15) is 11.7 Å². The molecular weight excluding hydrogens is 108 g/mol. The van der Waals surface area contributed by atoms with Gasteiger partial charge in [-0.3, -0.25) is 0 Å². The lowest BCUT2D eigenvalue weighted by atomic mass is 10.4. The molecule has 42 valence electrons. The Bertz CT molecular complexity index is 228. The zero-order valence-corrected chi connectivity index (χ0v) is 3.92. The molecule has 0 bridgehead atoms. The number of furan rings is 1. The number of hydrogen-bond donors (Lipinski definition) is 1. The van der Waals surface area contributed by atoms with Crippen LogP contribution in [0.5, 0.6) is 0 Å². The van der Waals surface area contributed by atoms with Gasteiger partial charge in [-0.2, -0.15) is 0 Å². The minimum Gasteiger partial charge on any atom is -0.478 e. The molecule has 0 aliphatic carbocycles. The van der Waals surface area contributed by atoms with Crippen molar-refractivity contribution in [2.24, 2.45) is 0 Å². The third kappa shape index (κ3) is 0.703. The number of carbonyl (C=O) groups is 1. The topological polar surface area (TPSA) is 50.4 Å². The van der Waals surface area contributed by atoms with E-state index < -0.39 is 5.97 Å². The molecule has 0 amide bonds. The molecule has 0 unspecified atom stereocenters. The maximum Gasteiger partial charge on any atom is 0.338 e. The average molecular weight is 113 g/mol. The Hall–Kier alpha value is -1.25. The Morgan fingerprint density at radius 1 is 2.00 bits per heavy atom. The van der Waals surface area contributed by atoms with Crippen LogP contribution in [0.2, 0.25) is 0 Å². The van der Waals surface area contributed by atoms with Gasteiger partial charge in [-0.05, 0) is 6.07 Å². The molecular formula is C5H4O3. The summed E-state index contributed by atoms with van der Waals surface area (Å²) in [5, 5.41) is 8.27. The van der Waals surface area contributed by atoms with E-state index in [0.29, 0.717) is 0 Å². The molecule has 1 heterocycles. The Labute approximate surface area is 47.0 Å². The fourth-order valence-corrected chi connectivity index (χ4v) is 0.349. The molecule has 8 heavy (non-hydrogen) atoms. The van der Waals surface area contributed by atoms with Crippen LogP contribution in [0, 0.1) is 0 Å². The zero-order valence-electron chi connectivity index (χ0n) is 4.92. The second-order valence-corrected chi connectivity index (χ2v) is 1.24. The molecule has 0 atom stereocenters. The van der Waals surface area contributed by atoms with Crippen molar-refractivity contribution in [3.05, 3.63) is 24.1 Å². The summed E-state index contributed by atoms with van der Waals surface area (Å²) in [5.74, 6) is -1.13. The molecule has 0 aliphatic heterocycles. The molecule has 1 aromatic heterocycles. The number of carboxylic acid groups (broad SMARTS) is 1. The fraction of sp³-hybridized carbons (Fsp3) is 0. The standard InChI is InChI=1S/C5H4O3/c6-5(7)4-1-2-8-3-4/h1-3H,(H,6,7)/i3D. The van der Waals surface area contributed by atoms with E-state index in [9.17, 15) is 4.79 Å². The van der Waals surface area contributed by atoms with Crippen molar-refractivity contribution >= 4 is 5.97 Å². The van der Waals surface area contributed by atoms with Crippen molar-refractivity contribution < 1.29 is 15.7 Å². The Morgan fingerprint density at radius 3 is 3.00 bits per heavy atom. The van der Waals surface area contributed by atoms with Gasteiger partial charge in [0.2, 0.25) is 0 Å². The summed E-state index contributed by atoms with van der Waals surface area (Å²) in [6, 6.07) is 1.24. The molecule has 0 fully saturated rings. The molecule has 1 N–H and O–H groups in total. The van der Waals surface area contributed by atoms with Gasteiger partial charge < -0.3 is 9.52 Å². The third-order valence-electron chi connectivity index (χ3n) is 0.702. The van der Waals surface area contributed by atoms with Crippen LogP contribution in [0.15, 0.2) is 23.0 Å². The quantitative estimate of drug-likeness (QED) is 0.590. The molecule has 0 aliphatic rings. The smallest absolute Gasteiger partial charge is 0.338 e. The zero-order chi connectivity index (χ0) is 6.85. The second-order valence-electron chi connectivity index (χ2n) is 1.24. The van der Waals surface area contributed by atoms with Gasteiger partial charge in [-0.1, -0.05) is 0 Å². The molecule has 0 saturated heterocycles. The summed E-state index contributed by atoms with van der Waals surface area (Å²) in [6.07, 6.45) is 0.869. The van der Waals surface area contributed by atoms with E-state index in [0.717, 1.165) is 0 Å². The first-order valence-corrected chi connectivity index (χ1v) is 1.99. The van der Waals surface area contributed by atoms with Crippen molar-refractivity contribution in [1.29, 1.82) is 0 Å². The van der Waals surface area contributed by atoms with Crippen LogP contribution in [0.3, 0.4) is 0 Å². The molecule has 0 radical (unpaired) electrons. The van der Waals surface area contributed by atoms with E-state index in [1.807, 2.05) is 0 Å². The first-order chi connectivity index (χ1) is 4.22.